The van der Waals surface area contributed by atoms with Crippen molar-refractivity contribution in [1.82, 2.24) is 14.5 Å². The quantitative estimate of drug-likeness (QED) is 0.543. The molecule has 1 unspecified atom stereocenters. The van der Waals surface area contributed by atoms with Crippen molar-refractivity contribution in [1.29, 1.82) is 0 Å². The molecule has 31 heavy (non-hydrogen) atoms. The van der Waals surface area contributed by atoms with Crippen LogP contribution in [0.2, 0.25) is 4.34 Å². The van der Waals surface area contributed by atoms with Crippen LogP contribution in [0, 0.1) is 0 Å². The van der Waals surface area contributed by atoms with Crippen LogP contribution in [0.1, 0.15) is 16.5 Å². The maximum atomic E-state index is 12.8. The van der Waals surface area contributed by atoms with E-state index in [-0.39, 0.29) is 22.7 Å². The first-order valence-electron chi connectivity index (χ1n) is 9.79. The number of halogens is 1. The van der Waals surface area contributed by atoms with Crippen LogP contribution in [0.25, 0.3) is 0 Å². The molecule has 0 aliphatic carbocycles. The topological polar surface area (TPSA) is 69.7 Å². The predicted molar refractivity (Wildman–Crippen MR) is 125 cm³/mol. The molecule has 164 valence electrons. The van der Waals surface area contributed by atoms with E-state index < -0.39 is 10.0 Å². The molecule has 0 radical (unpaired) electrons. The van der Waals surface area contributed by atoms with Gasteiger partial charge < -0.3 is 5.32 Å². The minimum absolute atomic E-state index is 0.0800. The summed E-state index contributed by atoms with van der Waals surface area (Å²) in [6, 6.07) is 16.8. The summed E-state index contributed by atoms with van der Waals surface area (Å²) >= 11 is 8.56. The predicted octanol–water partition coefficient (Wildman–Crippen LogP) is 3.68. The van der Waals surface area contributed by atoms with Crippen molar-refractivity contribution >= 4 is 50.2 Å². The number of piperazine rings is 1. The molecule has 1 aliphatic heterocycles. The second kappa shape index (κ2) is 9.81. The van der Waals surface area contributed by atoms with Gasteiger partial charge in [-0.15, -0.1) is 22.7 Å². The number of nitrogens with one attached hydrogen (secondary N) is 1. The Bertz CT molecular complexity index is 1110. The summed E-state index contributed by atoms with van der Waals surface area (Å²) in [6.45, 7) is 1.92. The van der Waals surface area contributed by atoms with Crippen molar-refractivity contribution in [2.45, 2.75) is 10.3 Å². The van der Waals surface area contributed by atoms with Crippen LogP contribution in [0.4, 0.5) is 0 Å². The van der Waals surface area contributed by atoms with Crippen LogP contribution in [-0.2, 0) is 14.8 Å². The molecule has 1 aromatic carbocycles. The summed E-state index contributed by atoms with van der Waals surface area (Å²) < 4.78 is 27.7. The van der Waals surface area contributed by atoms with E-state index in [1.165, 1.54) is 10.4 Å². The Labute approximate surface area is 195 Å². The number of benzene rings is 1. The SMILES string of the molecule is O=C(CN1CCN(S(=O)(=O)c2ccc(Cl)s2)CC1)NC(c1ccccc1)c1cccs1. The molecule has 10 heteroatoms. The molecule has 0 bridgehead atoms. The highest BCUT2D eigenvalue weighted by atomic mass is 35.5. The number of hydrogen-bond acceptors (Lipinski definition) is 6. The molecule has 2 aromatic heterocycles. The second-order valence-corrected chi connectivity index (χ2v) is 12.0. The first-order chi connectivity index (χ1) is 14.9. The number of rotatable bonds is 7. The van der Waals surface area contributed by atoms with Crippen molar-refractivity contribution in [3.63, 3.8) is 0 Å². The Morgan fingerprint density at radius 2 is 1.77 bits per heavy atom. The van der Waals surface area contributed by atoms with E-state index in [9.17, 15) is 13.2 Å². The van der Waals surface area contributed by atoms with E-state index in [0.29, 0.717) is 30.5 Å². The number of thiophene rings is 2. The van der Waals surface area contributed by atoms with Crippen LogP contribution in [0.5, 0.6) is 0 Å². The monoisotopic (exact) mass is 495 g/mol. The van der Waals surface area contributed by atoms with E-state index in [4.69, 9.17) is 11.6 Å². The molecule has 4 rings (SSSR count). The largest absolute Gasteiger partial charge is 0.343 e. The van der Waals surface area contributed by atoms with Gasteiger partial charge in [-0.05, 0) is 29.1 Å². The van der Waals surface area contributed by atoms with Crippen molar-refractivity contribution in [2.24, 2.45) is 0 Å². The number of carbonyl (C=O) groups is 1. The lowest BCUT2D eigenvalue weighted by molar-refractivity contribution is -0.123. The molecule has 6 nitrogen and oxygen atoms in total. The number of nitrogens with zero attached hydrogens (tertiary/aromatic N) is 2. The second-order valence-electron chi connectivity index (χ2n) is 7.17. The zero-order valence-corrected chi connectivity index (χ0v) is 19.8. The third kappa shape index (κ3) is 5.36. The molecular weight excluding hydrogens is 474 g/mol. The van der Waals surface area contributed by atoms with Crippen molar-refractivity contribution in [3.8, 4) is 0 Å². The van der Waals surface area contributed by atoms with E-state index in [0.717, 1.165) is 21.8 Å². The molecule has 1 N–H and O–H groups in total. The molecule has 1 fully saturated rings. The summed E-state index contributed by atoms with van der Waals surface area (Å²) in [6.07, 6.45) is 0. The minimum Gasteiger partial charge on any atom is -0.343 e. The average Bonchev–Trinajstić information content (AvgIpc) is 3.45. The maximum Gasteiger partial charge on any atom is 0.252 e. The highest BCUT2D eigenvalue weighted by Gasteiger charge is 2.30. The fourth-order valence-electron chi connectivity index (χ4n) is 3.52. The molecule has 0 spiro atoms. The van der Waals surface area contributed by atoms with Gasteiger partial charge in [-0.2, -0.15) is 4.31 Å². The average molecular weight is 496 g/mol. The zero-order chi connectivity index (χ0) is 21.8. The highest BCUT2D eigenvalue weighted by molar-refractivity contribution is 7.91. The summed E-state index contributed by atoms with van der Waals surface area (Å²) in [5.41, 5.74) is 1.03. The van der Waals surface area contributed by atoms with E-state index >= 15 is 0 Å². The third-order valence-electron chi connectivity index (χ3n) is 5.11. The van der Waals surface area contributed by atoms with Gasteiger partial charge in [0.05, 0.1) is 16.9 Å². The van der Waals surface area contributed by atoms with E-state index in [1.54, 1.807) is 17.4 Å². The van der Waals surface area contributed by atoms with E-state index in [2.05, 4.69) is 5.32 Å². The van der Waals surface area contributed by atoms with Crippen LogP contribution in [-0.4, -0.2) is 56.3 Å². The van der Waals surface area contributed by atoms with Crippen LogP contribution >= 0.6 is 34.3 Å². The number of hydrogen-bond donors (Lipinski definition) is 1. The maximum absolute atomic E-state index is 12.8. The Balaban J connectivity index is 1.35. The first-order valence-corrected chi connectivity index (χ1v) is 13.3. The highest BCUT2D eigenvalue weighted by Crippen LogP contribution is 2.29. The molecular formula is C21H22ClN3O3S3. The Kier molecular flexibility index (Phi) is 7.10. The van der Waals surface area contributed by atoms with Gasteiger partial charge >= 0.3 is 0 Å². The number of carbonyl (C=O) groups excluding carboxylic acids is 1. The number of sulfonamides is 1. The van der Waals surface area contributed by atoms with Crippen LogP contribution < -0.4 is 5.32 Å². The van der Waals surface area contributed by atoms with Gasteiger partial charge in [-0.3, -0.25) is 9.69 Å². The summed E-state index contributed by atoms with van der Waals surface area (Å²) in [7, 11) is -3.54. The standard InChI is InChI=1S/C21H22ClN3O3S3/c22-18-8-9-20(30-18)31(27,28)25-12-10-24(11-13-25)15-19(26)23-21(17-7-4-14-29-17)16-5-2-1-3-6-16/h1-9,14,21H,10-13,15H2,(H,23,26). The Morgan fingerprint density at radius 1 is 1.03 bits per heavy atom. The summed E-state index contributed by atoms with van der Waals surface area (Å²) in [4.78, 5) is 15.9. The first kappa shape index (κ1) is 22.4. The molecule has 3 heterocycles. The molecule has 1 saturated heterocycles. The normalized spacial score (nSPS) is 16.8. The van der Waals surface area contributed by atoms with Gasteiger partial charge in [0.15, 0.2) is 0 Å². The molecule has 1 aliphatic rings. The Morgan fingerprint density at radius 3 is 2.39 bits per heavy atom. The van der Waals surface area contributed by atoms with Crippen LogP contribution in [0.3, 0.4) is 0 Å². The summed E-state index contributed by atoms with van der Waals surface area (Å²) in [5, 5.41) is 5.14. The van der Waals surface area contributed by atoms with Crippen molar-refractivity contribution in [2.75, 3.05) is 32.7 Å². The third-order valence-corrected chi connectivity index (χ3v) is 9.64. The lowest BCUT2D eigenvalue weighted by Crippen LogP contribution is -2.51. The van der Waals surface area contributed by atoms with Crippen molar-refractivity contribution in [3.05, 3.63) is 74.8 Å². The lowest BCUT2D eigenvalue weighted by Gasteiger charge is -2.33. The number of amides is 1. The molecule has 1 amide bonds. The minimum atomic E-state index is -3.54. The van der Waals surface area contributed by atoms with Gasteiger partial charge in [0, 0.05) is 31.1 Å². The lowest BCUT2D eigenvalue weighted by atomic mass is 10.1. The molecule has 1 atom stereocenters. The van der Waals surface area contributed by atoms with Gasteiger partial charge in [0.25, 0.3) is 10.0 Å². The van der Waals surface area contributed by atoms with Crippen molar-refractivity contribution < 1.29 is 13.2 Å². The zero-order valence-electron chi connectivity index (χ0n) is 16.6. The van der Waals surface area contributed by atoms with Gasteiger partial charge in [0.2, 0.25) is 5.91 Å². The molecule has 0 saturated carbocycles. The van der Waals surface area contributed by atoms with Gasteiger partial charge in [-0.1, -0.05) is 48.0 Å². The van der Waals surface area contributed by atoms with Gasteiger partial charge in [0.1, 0.15) is 4.21 Å². The van der Waals surface area contributed by atoms with Crippen LogP contribution in [0.15, 0.2) is 64.2 Å². The van der Waals surface area contributed by atoms with E-state index in [1.807, 2.05) is 52.7 Å². The molecule has 3 aromatic rings. The fraction of sp³-hybridized carbons (Fsp3) is 0.286. The Hall–Kier alpha value is -1.75. The fourth-order valence-corrected chi connectivity index (χ4v) is 7.38. The van der Waals surface area contributed by atoms with Gasteiger partial charge in [-0.25, -0.2) is 8.42 Å². The summed E-state index contributed by atoms with van der Waals surface area (Å²) in [5.74, 6) is -0.0800. The smallest absolute Gasteiger partial charge is 0.252 e.